The summed E-state index contributed by atoms with van der Waals surface area (Å²) in [5.41, 5.74) is 7.08. The summed E-state index contributed by atoms with van der Waals surface area (Å²) in [6.45, 7) is 4.03. The van der Waals surface area contributed by atoms with Crippen molar-refractivity contribution in [1.82, 2.24) is 15.1 Å². The maximum Gasteiger partial charge on any atom is 0.237 e. The predicted molar refractivity (Wildman–Crippen MR) is 77.9 cm³/mol. The van der Waals surface area contributed by atoms with Gasteiger partial charge in [-0.25, -0.2) is 0 Å². The van der Waals surface area contributed by atoms with Gasteiger partial charge in [0.15, 0.2) is 0 Å². The Hall–Kier alpha value is -0.880. The second kappa shape index (κ2) is 5.25. The molecule has 1 heterocycles. The Bertz CT molecular complexity index is 499. The summed E-state index contributed by atoms with van der Waals surface area (Å²) in [5, 5.41) is 7.71. The molecule has 0 aromatic carbocycles. The van der Waals surface area contributed by atoms with E-state index in [1.165, 1.54) is 0 Å². The highest BCUT2D eigenvalue weighted by atomic mass is 79.9. The van der Waals surface area contributed by atoms with Gasteiger partial charge in [0.25, 0.3) is 0 Å². The Morgan fingerprint density at radius 3 is 2.74 bits per heavy atom. The Morgan fingerprint density at radius 2 is 2.26 bits per heavy atom. The van der Waals surface area contributed by atoms with E-state index in [-0.39, 0.29) is 11.9 Å². The van der Waals surface area contributed by atoms with Gasteiger partial charge in [-0.2, -0.15) is 5.10 Å². The number of amides is 1. The van der Waals surface area contributed by atoms with Crippen LogP contribution in [0.3, 0.4) is 0 Å². The fourth-order valence-corrected chi connectivity index (χ4v) is 3.29. The van der Waals surface area contributed by atoms with Crippen molar-refractivity contribution in [2.75, 3.05) is 7.05 Å². The maximum absolute atomic E-state index is 11.8. The zero-order valence-corrected chi connectivity index (χ0v) is 13.2. The molecule has 1 aliphatic carbocycles. The number of hydrogen-bond acceptors (Lipinski definition) is 3. The molecule has 3 N–H and O–H groups in total. The van der Waals surface area contributed by atoms with Gasteiger partial charge >= 0.3 is 0 Å². The van der Waals surface area contributed by atoms with E-state index in [0.29, 0.717) is 6.42 Å². The van der Waals surface area contributed by atoms with Crippen LogP contribution in [-0.4, -0.2) is 28.3 Å². The number of nitrogens with two attached hydrogens (primary N) is 1. The minimum atomic E-state index is -0.596. The fraction of sp³-hybridized carbons (Fsp3) is 0.692. The fourth-order valence-electron chi connectivity index (χ4n) is 3.03. The number of carbonyl (C=O) groups is 1. The molecule has 19 heavy (non-hydrogen) atoms. The molecule has 1 aromatic heterocycles. The molecule has 1 fully saturated rings. The van der Waals surface area contributed by atoms with Crippen molar-refractivity contribution in [3.05, 3.63) is 15.9 Å². The zero-order valence-electron chi connectivity index (χ0n) is 11.7. The van der Waals surface area contributed by atoms with Crippen molar-refractivity contribution in [2.45, 2.75) is 51.1 Å². The molecule has 2 rings (SSSR count). The molecule has 6 heteroatoms. The van der Waals surface area contributed by atoms with E-state index >= 15 is 0 Å². The highest BCUT2D eigenvalue weighted by molar-refractivity contribution is 9.10. The average Bonchev–Trinajstić information content (AvgIpc) is 2.66. The molecule has 1 aliphatic rings. The molecule has 0 aliphatic heterocycles. The van der Waals surface area contributed by atoms with Gasteiger partial charge in [0.05, 0.1) is 27.4 Å². The summed E-state index contributed by atoms with van der Waals surface area (Å²) in [4.78, 5) is 11.8. The van der Waals surface area contributed by atoms with Gasteiger partial charge in [-0.1, -0.05) is 0 Å². The number of aromatic nitrogens is 2. The van der Waals surface area contributed by atoms with Crippen LogP contribution in [0.15, 0.2) is 4.47 Å². The monoisotopic (exact) mass is 328 g/mol. The molecule has 1 aromatic rings. The summed E-state index contributed by atoms with van der Waals surface area (Å²) >= 11 is 3.55. The lowest BCUT2D eigenvalue weighted by Gasteiger charge is -2.38. The van der Waals surface area contributed by atoms with Crippen LogP contribution in [0.1, 0.15) is 43.1 Å². The first-order chi connectivity index (χ1) is 8.91. The smallest absolute Gasteiger partial charge is 0.237 e. The Morgan fingerprint density at radius 1 is 1.58 bits per heavy atom. The first-order valence-corrected chi connectivity index (χ1v) is 7.40. The minimum absolute atomic E-state index is 0.221. The molecule has 0 saturated heterocycles. The Labute approximate surface area is 122 Å². The third-order valence-electron chi connectivity index (χ3n) is 4.26. The van der Waals surface area contributed by atoms with E-state index in [0.717, 1.165) is 35.1 Å². The lowest BCUT2D eigenvalue weighted by Crippen LogP contribution is -2.56. The van der Waals surface area contributed by atoms with Gasteiger partial charge in [-0.15, -0.1) is 0 Å². The molecule has 1 amide bonds. The molecular formula is C13H21BrN4O. The third kappa shape index (κ3) is 2.43. The number of aryl methyl sites for hydroxylation is 1. The number of carbonyl (C=O) groups excluding carboxylic acids is 1. The quantitative estimate of drug-likeness (QED) is 0.888. The van der Waals surface area contributed by atoms with Crippen LogP contribution in [0.2, 0.25) is 0 Å². The van der Waals surface area contributed by atoms with E-state index in [9.17, 15) is 4.79 Å². The summed E-state index contributed by atoms with van der Waals surface area (Å²) in [6, 6.07) is 0.221. The highest BCUT2D eigenvalue weighted by Gasteiger charge is 2.41. The molecule has 2 unspecified atom stereocenters. The van der Waals surface area contributed by atoms with E-state index in [1.807, 2.05) is 25.6 Å². The second-order valence-electron chi connectivity index (χ2n) is 5.38. The van der Waals surface area contributed by atoms with Crippen LogP contribution in [0.5, 0.6) is 0 Å². The maximum atomic E-state index is 11.8. The molecule has 0 bridgehead atoms. The Kier molecular flexibility index (Phi) is 4.01. The van der Waals surface area contributed by atoms with Crippen LogP contribution in [0, 0.1) is 13.8 Å². The molecule has 2 atom stereocenters. The van der Waals surface area contributed by atoms with E-state index < -0.39 is 5.54 Å². The molecule has 0 spiro atoms. The highest BCUT2D eigenvalue weighted by Crippen LogP contribution is 2.37. The summed E-state index contributed by atoms with van der Waals surface area (Å²) < 4.78 is 3.08. The third-order valence-corrected chi connectivity index (χ3v) is 5.41. The SMILES string of the molecule is CNC1(C(N)=O)CCCC(n2nc(C)c(Br)c2C)C1. The molecule has 5 nitrogen and oxygen atoms in total. The van der Waals surface area contributed by atoms with E-state index in [4.69, 9.17) is 5.73 Å². The van der Waals surface area contributed by atoms with Crippen LogP contribution in [-0.2, 0) is 4.79 Å². The normalized spacial score (nSPS) is 27.5. The van der Waals surface area contributed by atoms with E-state index in [2.05, 4.69) is 26.3 Å². The standard InChI is InChI=1S/C13H21BrN4O/c1-8-11(14)9(2)18(17-8)10-5-4-6-13(7-10,16-3)12(15)19/h10,16H,4-7H2,1-3H3,(H2,15,19). The van der Waals surface area contributed by atoms with Crippen molar-refractivity contribution >= 4 is 21.8 Å². The lowest BCUT2D eigenvalue weighted by molar-refractivity contribution is -0.126. The lowest BCUT2D eigenvalue weighted by atomic mass is 9.78. The van der Waals surface area contributed by atoms with Crippen LogP contribution in [0.25, 0.3) is 0 Å². The summed E-state index contributed by atoms with van der Waals surface area (Å²) in [5.74, 6) is -0.264. The van der Waals surface area contributed by atoms with Gasteiger partial charge in [0.2, 0.25) is 5.91 Å². The van der Waals surface area contributed by atoms with Gasteiger partial charge in [-0.3, -0.25) is 9.48 Å². The van der Waals surface area contributed by atoms with Gasteiger partial charge in [0.1, 0.15) is 0 Å². The van der Waals surface area contributed by atoms with Crippen LogP contribution < -0.4 is 11.1 Å². The van der Waals surface area contributed by atoms with Gasteiger partial charge in [-0.05, 0) is 62.5 Å². The largest absolute Gasteiger partial charge is 0.368 e. The number of nitrogens with one attached hydrogen (secondary N) is 1. The minimum Gasteiger partial charge on any atom is -0.368 e. The van der Waals surface area contributed by atoms with Crippen molar-refractivity contribution in [3.63, 3.8) is 0 Å². The summed E-state index contributed by atoms with van der Waals surface area (Å²) in [6.07, 6.45) is 3.51. The van der Waals surface area contributed by atoms with Gasteiger partial charge in [0, 0.05) is 0 Å². The molecule has 1 saturated carbocycles. The second-order valence-corrected chi connectivity index (χ2v) is 6.17. The van der Waals surface area contributed by atoms with Gasteiger partial charge < -0.3 is 11.1 Å². The number of primary amides is 1. The first-order valence-electron chi connectivity index (χ1n) is 6.61. The molecule has 0 radical (unpaired) electrons. The zero-order chi connectivity index (χ0) is 14.2. The predicted octanol–water partition coefficient (Wildman–Crippen LogP) is 1.82. The van der Waals surface area contributed by atoms with Crippen molar-refractivity contribution in [2.24, 2.45) is 5.73 Å². The van der Waals surface area contributed by atoms with Crippen LogP contribution in [0.4, 0.5) is 0 Å². The van der Waals surface area contributed by atoms with Crippen molar-refractivity contribution in [3.8, 4) is 0 Å². The van der Waals surface area contributed by atoms with Crippen molar-refractivity contribution in [1.29, 1.82) is 0 Å². The first kappa shape index (κ1) is 14.5. The average molecular weight is 329 g/mol. The topological polar surface area (TPSA) is 72.9 Å². The number of likely N-dealkylation sites (N-methyl/N-ethyl adjacent to an activating group) is 1. The number of rotatable bonds is 3. The van der Waals surface area contributed by atoms with E-state index in [1.54, 1.807) is 0 Å². The number of nitrogens with zero attached hydrogens (tertiary/aromatic N) is 2. The molecular weight excluding hydrogens is 308 g/mol. The van der Waals surface area contributed by atoms with Crippen molar-refractivity contribution < 1.29 is 4.79 Å². The number of hydrogen-bond donors (Lipinski definition) is 2. The summed E-state index contributed by atoms with van der Waals surface area (Å²) in [7, 11) is 1.81. The van der Waals surface area contributed by atoms with Crippen LogP contribution >= 0.6 is 15.9 Å². The number of halogens is 1. The molecule has 106 valence electrons. The Balaban J connectivity index is 2.31.